The van der Waals surface area contributed by atoms with Gasteiger partial charge in [0.15, 0.2) is 5.13 Å². The van der Waals surface area contributed by atoms with E-state index in [1.807, 2.05) is 63.2 Å². The fourth-order valence-electron chi connectivity index (χ4n) is 3.28. The van der Waals surface area contributed by atoms with E-state index in [1.54, 1.807) is 22.9 Å². The van der Waals surface area contributed by atoms with E-state index < -0.39 is 0 Å². The Hall–Kier alpha value is -3.26. The summed E-state index contributed by atoms with van der Waals surface area (Å²) >= 11 is 1.45. The van der Waals surface area contributed by atoms with Gasteiger partial charge in [-0.1, -0.05) is 23.5 Å². The Kier molecular flexibility index (Phi) is 5.50. The van der Waals surface area contributed by atoms with Gasteiger partial charge in [-0.05, 0) is 51.1 Å². The highest BCUT2D eigenvalue weighted by Crippen LogP contribution is 2.35. The summed E-state index contributed by atoms with van der Waals surface area (Å²) in [7, 11) is 1.62. The molecule has 0 spiro atoms. The Balaban J connectivity index is 1.82. The number of amides is 1. The van der Waals surface area contributed by atoms with E-state index in [0.29, 0.717) is 23.1 Å². The van der Waals surface area contributed by atoms with E-state index in [-0.39, 0.29) is 11.9 Å². The Morgan fingerprint density at radius 1 is 1.23 bits per heavy atom. The average Bonchev–Trinajstić information content (AvgIpc) is 3.35. The molecule has 3 aromatic heterocycles. The molecule has 154 valence electrons. The summed E-state index contributed by atoms with van der Waals surface area (Å²) in [5.74, 6) is 0.524. The first-order valence-corrected chi connectivity index (χ1v) is 10.5. The summed E-state index contributed by atoms with van der Waals surface area (Å²) in [5.41, 5.74) is 2.86. The second kappa shape index (κ2) is 8.23. The number of anilines is 1. The van der Waals surface area contributed by atoms with Crippen LogP contribution in [0.3, 0.4) is 0 Å². The molecular weight excluding hydrogens is 398 g/mol. The predicted octanol–water partition coefficient (Wildman–Crippen LogP) is 4.63. The van der Waals surface area contributed by atoms with E-state index in [9.17, 15) is 4.79 Å². The molecule has 0 aliphatic carbocycles. The van der Waals surface area contributed by atoms with Crippen molar-refractivity contribution >= 4 is 32.6 Å². The predicted molar refractivity (Wildman–Crippen MR) is 118 cm³/mol. The average molecular weight is 422 g/mol. The normalized spacial score (nSPS) is 11.2. The molecule has 0 aliphatic rings. The molecule has 0 N–H and O–H groups in total. The van der Waals surface area contributed by atoms with Crippen LogP contribution in [0.5, 0.6) is 5.75 Å². The Labute approximate surface area is 179 Å². The second-order valence-corrected chi connectivity index (χ2v) is 8.23. The van der Waals surface area contributed by atoms with Crippen molar-refractivity contribution < 1.29 is 9.53 Å². The van der Waals surface area contributed by atoms with Gasteiger partial charge < -0.3 is 4.74 Å². The molecule has 8 heteroatoms. The molecule has 0 saturated heterocycles. The largest absolute Gasteiger partial charge is 0.494 e. The van der Waals surface area contributed by atoms with Gasteiger partial charge in [0.1, 0.15) is 17.0 Å². The third-order valence-corrected chi connectivity index (χ3v) is 5.72. The minimum Gasteiger partial charge on any atom is -0.494 e. The van der Waals surface area contributed by atoms with Crippen LogP contribution >= 0.6 is 11.3 Å². The van der Waals surface area contributed by atoms with Gasteiger partial charge in [0.05, 0.1) is 29.7 Å². The number of pyridine rings is 1. The van der Waals surface area contributed by atoms with Crippen molar-refractivity contribution in [2.45, 2.75) is 33.4 Å². The molecule has 0 bridgehead atoms. The quantitative estimate of drug-likeness (QED) is 0.454. The third-order valence-electron chi connectivity index (χ3n) is 4.68. The van der Waals surface area contributed by atoms with Crippen LogP contribution in [-0.2, 0) is 6.54 Å². The lowest BCUT2D eigenvalue weighted by molar-refractivity contribution is 0.0972. The van der Waals surface area contributed by atoms with Crippen molar-refractivity contribution in [3.8, 4) is 5.75 Å². The van der Waals surface area contributed by atoms with Gasteiger partial charge in [0.25, 0.3) is 5.91 Å². The summed E-state index contributed by atoms with van der Waals surface area (Å²) in [4.78, 5) is 24.5. The summed E-state index contributed by atoms with van der Waals surface area (Å²) in [6.07, 6.45) is 1.72. The molecule has 0 aliphatic heterocycles. The molecule has 7 nitrogen and oxygen atoms in total. The smallest absolute Gasteiger partial charge is 0.278 e. The van der Waals surface area contributed by atoms with Gasteiger partial charge >= 0.3 is 0 Å². The molecule has 30 heavy (non-hydrogen) atoms. The minimum atomic E-state index is -0.159. The van der Waals surface area contributed by atoms with Crippen molar-refractivity contribution in [1.29, 1.82) is 0 Å². The highest BCUT2D eigenvalue weighted by Gasteiger charge is 2.26. The molecule has 3 heterocycles. The first-order valence-electron chi connectivity index (χ1n) is 9.69. The van der Waals surface area contributed by atoms with Crippen LogP contribution in [0.1, 0.15) is 41.8 Å². The SMILES string of the molecule is COc1cccc2sc(N(Cc3ccccn3)C(=O)c3cc(C)nn3C(C)C)nc12. The maximum atomic E-state index is 13.7. The lowest BCUT2D eigenvalue weighted by atomic mass is 10.2. The lowest BCUT2D eigenvalue weighted by Gasteiger charge is -2.21. The number of thiazole rings is 1. The van der Waals surface area contributed by atoms with Crippen LogP contribution in [0.15, 0.2) is 48.7 Å². The number of carbonyl (C=O) groups is 1. The summed E-state index contributed by atoms with van der Waals surface area (Å²) in [6.45, 7) is 6.22. The van der Waals surface area contributed by atoms with Crippen LogP contribution in [0.4, 0.5) is 5.13 Å². The van der Waals surface area contributed by atoms with Gasteiger partial charge in [-0.2, -0.15) is 5.10 Å². The maximum absolute atomic E-state index is 13.7. The van der Waals surface area contributed by atoms with Crippen molar-refractivity contribution in [3.05, 3.63) is 65.7 Å². The molecular formula is C22H23N5O2S. The van der Waals surface area contributed by atoms with Gasteiger partial charge in [-0.3, -0.25) is 19.4 Å². The number of hydrogen-bond acceptors (Lipinski definition) is 6. The molecule has 0 unspecified atom stereocenters. The number of carbonyl (C=O) groups excluding carboxylic acids is 1. The molecule has 1 aromatic carbocycles. The lowest BCUT2D eigenvalue weighted by Crippen LogP contribution is -2.32. The van der Waals surface area contributed by atoms with Crippen LogP contribution < -0.4 is 9.64 Å². The van der Waals surface area contributed by atoms with Crippen LogP contribution in [0, 0.1) is 6.92 Å². The topological polar surface area (TPSA) is 73.1 Å². The van der Waals surface area contributed by atoms with Gasteiger partial charge in [0, 0.05) is 12.2 Å². The first kappa shape index (κ1) is 20.0. The van der Waals surface area contributed by atoms with Crippen LogP contribution in [0.25, 0.3) is 10.2 Å². The number of aryl methyl sites for hydroxylation is 1. The Bertz CT molecular complexity index is 1180. The number of nitrogens with zero attached hydrogens (tertiary/aromatic N) is 5. The summed E-state index contributed by atoms with van der Waals surface area (Å²) < 4.78 is 8.17. The number of fused-ring (bicyclic) bond motifs is 1. The molecule has 0 atom stereocenters. The molecule has 4 rings (SSSR count). The number of para-hydroxylation sites is 1. The number of methoxy groups -OCH3 is 1. The number of rotatable bonds is 6. The zero-order valence-corrected chi connectivity index (χ0v) is 18.2. The monoisotopic (exact) mass is 421 g/mol. The zero-order chi connectivity index (χ0) is 21.3. The number of aromatic nitrogens is 4. The number of benzene rings is 1. The zero-order valence-electron chi connectivity index (χ0n) is 17.4. The summed E-state index contributed by atoms with van der Waals surface area (Å²) in [6, 6.07) is 13.3. The Morgan fingerprint density at radius 3 is 2.77 bits per heavy atom. The molecule has 0 saturated carbocycles. The highest BCUT2D eigenvalue weighted by molar-refractivity contribution is 7.22. The highest BCUT2D eigenvalue weighted by atomic mass is 32.1. The van der Waals surface area contributed by atoms with Crippen molar-refractivity contribution in [1.82, 2.24) is 19.7 Å². The van der Waals surface area contributed by atoms with Crippen LogP contribution in [0.2, 0.25) is 0 Å². The van der Waals surface area contributed by atoms with Crippen molar-refractivity contribution in [2.75, 3.05) is 12.0 Å². The van der Waals surface area contributed by atoms with Gasteiger partial charge in [-0.15, -0.1) is 0 Å². The van der Waals surface area contributed by atoms with E-state index in [1.165, 1.54) is 11.3 Å². The van der Waals surface area contributed by atoms with E-state index in [2.05, 4.69) is 10.1 Å². The standard InChI is InChI=1S/C22H23N5O2S/c1-14(2)27-17(12-15(3)25-27)21(28)26(13-16-8-5-6-11-23-16)22-24-20-18(29-4)9-7-10-19(20)30-22/h5-12,14H,13H2,1-4H3. The minimum absolute atomic E-state index is 0.0600. The van der Waals surface area contributed by atoms with E-state index in [0.717, 1.165) is 21.6 Å². The molecule has 0 fully saturated rings. The third kappa shape index (κ3) is 3.78. The number of ether oxygens (including phenoxy) is 1. The summed E-state index contributed by atoms with van der Waals surface area (Å²) in [5, 5.41) is 5.10. The Morgan fingerprint density at radius 2 is 2.07 bits per heavy atom. The van der Waals surface area contributed by atoms with E-state index in [4.69, 9.17) is 9.72 Å². The fourth-order valence-corrected chi connectivity index (χ4v) is 4.26. The van der Waals surface area contributed by atoms with Crippen molar-refractivity contribution in [2.24, 2.45) is 0 Å². The number of hydrogen-bond donors (Lipinski definition) is 0. The first-order chi connectivity index (χ1) is 14.5. The van der Waals surface area contributed by atoms with E-state index >= 15 is 0 Å². The van der Waals surface area contributed by atoms with Gasteiger partial charge in [0.2, 0.25) is 0 Å². The maximum Gasteiger partial charge on any atom is 0.278 e. The van der Waals surface area contributed by atoms with Gasteiger partial charge in [-0.25, -0.2) is 4.98 Å². The molecule has 1 amide bonds. The second-order valence-electron chi connectivity index (χ2n) is 7.23. The molecule has 4 aromatic rings. The van der Waals surface area contributed by atoms with Crippen molar-refractivity contribution in [3.63, 3.8) is 0 Å². The fraction of sp³-hybridized carbons (Fsp3) is 0.273. The van der Waals surface area contributed by atoms with Crippen LogP contribution in [-0.4, -0.2) is 32.8 Å². The molecule has 0 radical (unpaired) electrons.